The number of nitrogens with two attached hydrogens (primary N) is 1. The van der Waals surface area contributed by atoms with Crippen LogP contribution in [0, 0.1) is 0 Å². The van der Waals surface area contributed by atoms with Crippen LogP contribution in [-0.2, 0) is 5.41 Å². The Morgan fingerprint density at radius 3 is 2.71 bits per heavy atom. The molecule has 1 aromatic carbocycles. The fourth-order valence-electron chi connectivity index (χ4n) is 2.10. The maximum absolute atomic E-state index is 6.26. The molecule has 0 spiro atoms. The highest BCUT2D eigenvalue weighted by atomic mass is 16.5. The second-order valence-electron chi connectivity index (χ2n) is 6.14. The molecule has 0 bridgehead atoms. The summed E-state index contributed by atoms with van der Waals surface area (Å²) in [6.07, 6.45) is 1.77. The summed E-state index contributed by atoms with van der Waals surface area (Å²) in [7, 11) is 0. The zero-order valence-corrected chi connectivity index (χ0v) is 12.4. The van der Waals surface area contributed by atoms with Crippen LogP contribution < -0.4 is 5.73 Å². The molecular formula is C16H18N4O. The van der Waals surface area contributed by atoms with Gasteiger partial charge < -0.3 is 10.3 Å². The molecule has 2 N–H and O–H groups in total. The Labute approximate surface area is 123 Å². The molecule has 0 radical (unpaired) electrons. The molecule has 0 aliphatic rings. The van der Waals surface area contributed by atoms with Gasteiger partial charge in [-0.25, -0.2) is 0 Å². The maximum atomic E-state index is 6.26. The number of hydrogen-bond donors (Lipinski definition) is 1. The summed E-state index contributed by atoms with van der Waals surface area (Å²) < 4.78 is 5.31. The second-order valence-corrected chi connectivity index (χ2v) is 6.14. The third kappa shape index (κ3) is 2.64. The van der Waals surface area contributed by atoms with Gasteiger partial charge in [0.05, 0.1) is 11.6 Å². The van der Waals surface area contributed by atoms with E-state index in [1.54, 1.807) is 6.20 Å². The van der Waals surface area contributed by atoms with E-state index in [4.69, 9.17) is 10.3 Å². The number of benzene rings is 1. The van der Waals surface area contributed by atoms with Crippen molar-refractivity contribution in [3.63, 3.8) is 0 Å². The predicted octanol–water partition coefficient (Wildman–Crippen LogP) is 2.96. The van der Waals surface area contributed by atoms with Crippen LogP contribution in [-0.4, -0.2) is 15.1 Å². The van der Waals surface area contributed by atoms with Crippen LogP contribution in [0.2, 0.25) is 0 Å². The van der Waals surface area contributed by atoms with Gasteiger partial charge in [0.2, 0.25) is 5.89 Å². The summed E-state index contributed by atoms with van der Waals surface area (Å²) in [5.41, 5.74) is 7.96. The minimum atomic E-state index is -0.408. The topological polar surface area (TPSA) is 77.8 Å². The summed E-state index contributed by atoms with van der Waals surface area (Å²) in [6, 6.07) is 9.43. The molecular weight excluding hydrogens is 264 g/mol. The van der Waals surface area contributed by atoms with E-state index in [-0.39, 0.29) is 5.41 Å². The van der Waals surface area contributed by atoms with Crippen LogP contribution in [0.15, 0.2) is 41.1 Å². The Balaban J connectivity index is 1.96. The fraction of sp³-hybridized carbons (Fsp3) is 0.312. The van der Waals surface area contributed by atoms with Crippen molar-refractivity contribution in [3.8, 4) is 0 Å². The quantitative estimate of drug-likeness (QED) is 0.781. The van der Waals surface area contributed by atoms with E-state index >= 15 is 0 Å². The first-order chi connectivity index (χ1) is 9.95. The normalized spacial score (nSPS) is 13.5. The van der Waals surface area contributed by atoms with Gasteiger partial charge in [-0.2, -0.15) is 4.98 Å². The first-order valence-corrected chi connectivity index (χ1v) is 6.89. The van der Waals surface area contributed by atoms with E-state index in [9.17, 15) is 0 Å². The molecule has 21 heavy (non-hydrogen) atoms. The van der Waals surface area contributed by atoms with Gasteiger partial charge in [-0.15, -0.1) is 0 Å². The van der Waals surface area contributed by atoms with Crippen LogP contribution in [0.3, 0.4) is 0 Å². The van der Waals surface area contributed by atoms with Gasteiger partial charge in [0.15, 0.2) is 5.82 Å². The van der Waals surface area contributed by atoms with Crippen molar-refractivity contribution >= 4 is 10.9 Å². The van der Waals surface area contributed by atoms with Gasteiger partial charge in [0.1, 0.15) is 0 Å². The maximum Gasteiger partial charge on any atom is 0.232 e. The Morgan fingerprint density at radius 1 is 1.19 bits per heavy atom. The molecule has 3 aromatic rings. The van der Waals surface area contributed by atoms with E-state index < -0.39 is 6.04 Å². The van der Waals surface area contributed by atoms with Crippen molar-refractivity contribution in [2.45, 2.75) is 32.2 Å². The van der Waals surface area contributed by atoms with Crippen LogP contribution in [0.5, 0.6) is 0 Å². The SMILES string of the molecule is CC(C)(C)c1nc(C(N)c2ccc3ncccc3c2)no1. The van der Waals surface area contributed by atoms with Gasteiger partial charge in [-0.1, -0.05) is 38.1 Å². The molecule has 1 atom stereocenters. The number of pyridine rings is 1. The fourth-order valence-corrected chi connectivity index (χ4v) is 2.10. The van der Waals surface area contributed by atoms with Gasteiger partial charge in [0.25, 0.3) is 0 Å². The first-order valence-electron chi connectivity index (χ1n) is 6.89. The molecule has 0 aliphatic carbocycles. The first kappa shape index (κ1) is 13.7. The summed E-state index contributed by atoms with van der Waals surface area (Å²) >= 11 is 0. The molecule has 2 aromatic heterocycles. The van der Waals surface area contributed by atoms with Crippen molar-refractivity contribution in [2.75, 3.05) is 0 Å². The molecule has 108 valence electrons. The number of fused-ring (bicyclic) bond motifs is 1. The lowest BCUT2D eigenvalue weighted by molar-refractivity contribution is 0.317. The van der Waals surface area contributed by atoms with E-state index in [1.807, 2.05) is 51.1 Å². The summed E-state index contributed by atoms with van der Waals surface area (Å²) in [6.45, 7) is 6.08. The Kier molecular flexibility index (Phi) is 3.22. The summed E-state index contributed by atoms with van der Waals surface area (Å²) in [4.78, 5) is 8.72. The van der Waals surface area contributed by atoms with Crippen molar-refractivity contribution < 1.29 is 4.52 Å². The molecule has 0 saturated carbocycles. The van der Waals surface area contributed by atoms with Crippen molar-refractivity contribution in [3.05, 3.63) is 53.8 Å². The van der Waals surface area contributed by atoms with Crippen LogP contribution in [0.4, 0.5) is 0 Å². The van der Waals surface area contributed by atoms with E-state index in [0.717, 1.165) is 16.5 Å². The molecule has 1 unspecified atom stereocenters. The Morgan fingerprint density at radius 2 is 2.00 bits per heavy atom. The van der Waals surface area contributed by atoms with E-state index in [0.29, 0.717) is 11.7 Å². The van der Waals surface area contributed by atoms with Crippen molar-refractivity contribution in [2.24, 2.45) is 5.73 Å². The molecule has 0 saturated heterocycles. The monoisotopic (exact) mass is 282 g/mol. The standard InChI is InChI=1S/C16H18N4O/c1-16(2,3)15-19-14(20-21-15)13(17)11-6-7-12-10(9-11)5-4-8-18-12/h4-9,13H,17H2,1-3H3. The number of rotatable bonds is 2. The molecule has 3 rings (SSSR count). The largest absolute Gasteiger partial charge is 0.339 e. The van der Waals surface area contributed by atoms with Gasteiger partial charge in [-0.3, -0.25) is 4.98 Å². The molecule has 0 aliphatic heterocycles. The van der Waals surface area contributed by atoms with Gasteiger partial charge in [-0.05, 0) is 23.8 Å². The highest BCUT2D eigenvalue weighted by Crippen LogP contribution is 2.25. The molecule has 0 fully saturated rings. The number of aromatic nitrogens is 3. The predicted molar refractivity (Wildman–Crippen MR) is 80.8 cm³/mol. The lowest BCUT2D eigenvalue weighted by Gasteiger charge is -2.11. The summed E-state index contributed by atoms with van der Waals surface area (Å²) in [5.74, 6) is 1.10. The van der Waals surface area contributed by atoms with E-state index in [1.165, 1.54) is 0 Å². The molecule has 2 heterocycles. The zero-order chi connectivity index (χ0) is 15.0. The lowest BCUT2D eigenvalue weighted by atomic mass is 9.97. The zero-order valence-electron chi connectivity index (χ0n) is 12.4. The van der Waals surface area contributed by atoms with Gasteiger partial charge in [0, 0.05) is 17.0 Å². The van der Waals surface area contributed by atoms with E-state index in [2.05, 4.69) is 15.1 Å². The smallest absolute Gasteiger partial charge is 0.232 e. The minimum Gasteiger partial charge on any atom is -0.339 e. The van der Waals surface area contributed by atoms with Gasteiger partial charge >= 0.3 is 0 Å². The highest BCUT2D eigenvalue weighted by molar-refractivity contribution is 5.79. The summed E-state index contributed by atoms with van der Waals surface area (Å²) in [5, 5.41) is 5.06. The third-order valence-electron chi connectivity index (χ3n) is 3.35. The second kappa shape index (κ2) is 4.93. The lowest BCUT2D eigenvalue weighted by Crippen LogP contribution is -2.15. The average Bonchev–Trinajstić information content (AvgIpc) is 2.96. The number of hydrogen-bond acceptors (Lipinski definition) is 5. The highest BCUT2D eigenvalue weighted by Gasteiger charge is 2.24. The molecule has 5 heteroatoms. The van der Waals surface area contributed by atoms with Crippen molar-refractivity contribution in [1.82, 2.24) is 15.1 Å². The Bertz CT molecular complexity index is 773. The molecule has 0 amide bonds. The van der Waals surface area contributed by atoms with Crippen LogP contribution >= 0.6 is 0 Å². The Hall–Kier alpha value is -2.27. The number of nitrogens with zero attached hydrogens (tertiary/aromatic N) is 3. The van der Waals surface area contributed by atoms with Crippen molar-refractivity contribution in [1.29, 1.82) is 0 Å². The third-order valence-corrected chi connectivity index (χ3v) is 3.35. The van der Waals surface area contributed by atoms with Crippen LogP contribution in [0.25, 0.3) is 10.9 Å². The minimum absolute atomic E-state index is 0.182. The average molecular weight is 282 g/mol. The van der Waals surface area contributed by atoms with Crippen LogP contribution in [0.1, 0.15) is 44.1 Å². The molecule has 5 nitrogen and oxygen atoms in total.